The first-order valence-corrected chi connectivity index (χ1v) is 5.72. The Bertz CT molecular complexity index is 568. The lowest BCUT2D eigenvalue weighted by Crippen LogP contribution is -2.17. The van der Waals surface area contributed by atoms with Crippen molar-refractivity contribution in [2.24, 2.45) is 0 Å². The first kappa shape index (κ1) is 15.5. The number of hydrogen-bond donors (Lipinski definition) is 0. The van der Waals surface area contributed by atoms with Crippen LogP contribution in [0.4, 0.5) is 10.1 Å². The predicted molar refractivity (Wildman–Crippen MR) is 68.7 cm³/mol. The number of ether oxygens (including phenoxy) is 1. The summed E-state index contributed by atoms with van der Waals surface area (Å²) in [5.41, 5.74) is -0.437. The Hall–Kier alpha value is -2.57. The second kappa shape index (κ2) is 7.13. The summed E-state index contributed by atoms with van der Waals surface area (Å²) >= 11 is 0. The van der Waals surface area contributed by atoms with E-state index in [1.165, 1.54) is 24.3 Å². The summed E-state index contributed by atoms with van der Waals surface area (Å²) < 4.78 is 17.1. The lowest BCUT2D eigenvalue weighted by molar-refractivity contribution is -0.384. The Morgan fingerprint density at radius 1 is 1.45 bits per heavy atom. The molecule has 106 valence electrons. The van der Waals surface area contributed by atoms with Crippen LogP contribution in [0.5, 0.6) is 0 Å². The van der Waals surface area contributed by atoms with Gasteiger partial charge in [0.1, 0.15) is 5.57 Å². The van der Waals surface area contributed by atoms with Crippen LogP contribution >= 0.6 is 0 Å². The molecule has 0 aliphatic carbocycles. The molecule has 0 aliphatic rings. The average Bonchev–Trinajstić information content (AvgIpc) is 2.44. The van der Waals surface area contributed by atoms with E-state index in [0.717, 1.165) is 6.08 Å². The van der Waals surface area contributed by atoms with Gasteiger partial charge in [0.25, 0.3) is 5.69 Å². The minimum absolute atomic E-state index is 0.0324. The predicted octanol–water partition coefficient (Wildman–Crippen LogP) is 2.08. The van der Waals surface area contributed by atoms with Crippen molar-refractivity contribution in [3.63, 3.8) is 0 Å². The van der Waals surface area contributed by atoms with Gasteiger partial charge in [0.15, 0.2) is 6.67 Å². The summed E-state index contributed by atoms with van der Waals surface area (Å²) in [6, 6.07) is 5.29. The van der Waals surface area contributed by atoms with Gasteiger partial charge in [-0.3, -0.25) is 14.9 Å². The number of carbonyl (C=O) groups excluding carboxylic acids is 2. The van der Waals surface area contributed by atoms with Crippen LogP contribution < -0.4 is 0 Å². The highest BCUT2D eigenvalue weighted by molar-refractivity contribution is 6.21. The minimum Gasteiger partial charge on any atom is -0.462 e. The molecule has 0 aromatic heterocycles. The molecule has 0 amide bonds. The van der Waals surface area contributed by atoms with Crippen LogP contribution in [0.1, 0.15) is 12.5 Å². The van der Waals surface area contributed by atoms with E-state index in [1.54, 1.807) is 6.92 Å². The fourth-order valence-corrected chi connectivity index (χ4v) is 1.43. The van der Waals surface area contributed by atoms with Crippen molar-refractivity contribution in [3.05, 3.63) is 45.5 Å². The summed E-state index contributed by atoms with van der Waals surface area (Å²) in [5.74, 6) is -1.99. The van der Waals surface area contributed by atoms with Crippen molar-refractivity contribution in [2.75, 3.05) is 13.3 Å². The molecule has 0 saturated carbocycles. The average molecular weight is 281 g/mol. The monoisotopic (exact) mass is 281 g/mol. The van der Waals surface area contributed by atoms with Gasteiger partial charge in [-0.2, -0.15) is 0 Å². The standard InChI is InChI=1S/C13H12FNO5/c1-2-20-13(17)11(12(16)8-14)7-9-4-3-5-10(6-9)15(18)19/h3-7H,2,8H2,1H3. The van der Waals surface area contributed by atoms with Crippen LogP contribution in [-0.2, 0) is 14.3 Å². The van der Waals surface area contributed by atoms with Crippen LogP contribution in [0.25, 0.3) is 6.08 Å². The SMILES string of the molecule is CCOC(=O)C(=Cc1cccc([N+](=O)[O-])c1)C(=O)CF. The number of esters is 1. The summed E-state index contributed by atoms with van der Waals surface area (Å²) in [6.07, 6.45) is 1.08. The van der Waals surface area contributed by atoms with Crippen molar-refractivity contribution in [1.29, 1.82) is 0 Å². The van der Waals surface area contributed by atoms with E-state index in [0.29, 0.717) is 0 Å². The van der Waals surface area contributed by atoms with Crippen LogP contribution in [0, 0.1) is 10.1 Å². The number of non-ortho nitro benzene ring substituents is 1. The molecule has 20 heavy (non-hydrogen) atoms. The van der Waals surface area contributed by atoms with E-state index >= 15 is 0 Å². The second-order valence-corrected chi connectivity index (χ2v) is 3.69. The molecule has 1 aromatic rings. The Kier molecular flexibility index (Phi) is 5.52. The third-order valence-corrected chi connectivity index (χ3v) is 2.31. The number of rotatable bonds is 6. The molecule has 0 aliphatic heterocycles. The molecule has 6 nitrogen and oxygen atoms in total. The van der Waals surface area contributed by atoms with Gasteiger partial charge in [0.2, 0.25) is 5.78 Å². The number of hydrogen-bond acceptors (Lipinski definition) is 5. The third-order valence-electron chi connectivity index (χ3n) is 2.31. The van der Waals surface area contributed by atoms with Gasteiger partial charge in [-0.1, -0.05) is 12.1 Å². The number of nitro groups is 1. The molecule has 0 atom stereocenters. The first-order valence-electron chi connectivity index (χ1n) is 5.72. The zero-order chi connectivity index (χ0) is 15.1. The van der Waals surface area contributed by atoms with E-state index in [2.05, 4.69) is 4.74 Å². The van der Waals surface area contributed by atoms with Gasteiger partial charge in [-0.05, 0) is 18.6 Å². The van der Waals surface area contributed by atoms with Crippen molar-refractivity contribution >= 4 is 23.5 Å². The Labute approximate surface area is 114 Å². The van der Waals surface area contributed by atoms with Gasteiger partial charge in [-0.25, -0.2) is 9.18 Å². The third kappa shape index (κ3) is 3.98. The number of halogens is 1. The molecule has 0 spiro atoms. The summed E-state index contributed by atoms with van der Waals surface area (Å²) in [7, 11) is 0. The Balaban J connectivity index is 3.19. The Morgan fingerprint density at radius 2 is 2.15 bits per heavy atom. The van der Waals surface area contributed by atoms with E-state index in [9.17, 15) is 24.1 Å². The fraction of sp³-hybridized carbons (Fsp3) is 0.231. The van der Waals surface area contributed by atoms with E-state index in [-0.39, 0.29) is 17.9 Å². The molecule has 1 aromatic carbocycles. The number of nitrogens with zero attached hydrogens (tertiary/aromatic N) is 1. The summed E-state index contributed by atoms with van der Waals surface area (Å²) in [6.45, 7) is 0.229. The molecular weight excluding hydrogens is 269 g/mol. The van der Waals surface area contributed by atoms with Crippen molar-refractivity contribution in [3.8, 4) is 0 Å². The van der Waals surface area contributed by atoms with Crippen molar-refractivity contribution in [1.82, 2.24) is 0 Å². The highest BCUT2D eigenvalue weighted by Crippen LogP contribution is 2.16. The number of nitro benzene ring substituents is 1. The number of alkyl halides is 1. The molecule has 7 heteroatoms. The Morgan fingerprint density at radius 3 is 2.70 bits per heavy atom. The van der Waals surface area contributed by atoms with Crippen LogP contribution in [0.2, 0.25) is 0 Å². The molecule has 0 N–H and O–H groups in total. The van der Waals surface area contributed by atoms with Crippen molar-refractivity contribution in [2.45, 2.75) is 6.92 Å². The van der Waals surface area contributed by atoms with Gasteiger partial charge in [0.05, 0.1) is 11.5 Å². The fourth-order valence-electron chi connectivity index (χ4n) is 1.43. The number of carbonyl (C=O) groups is 2. The number of benzene rings is 1. The highest BCUT2D eigenvalue weighted by Gasteiger charge is 2.19. The minimum atomic E-state index is -1.35. The lowest BCUT2D eigenvalue weighted by atomic mass is 10.1. The van der Waals surface area contributed by atoms with Gasteiger partial charge in [0, 0.05) is 12.1 Å². The van der Waals surface area contributed by atoms with Gasteiger partial charge in [-0.15, -0.1) is 0 Å². The van der Waals surface area contributed by atoms with Crippen LogP contribution in [0.3, 0.4) is 0 Å². The van der Waals surface area contributed by atoms with Crippen LogP contribution in [-0.4, -0.2) is 30.0 Å². The summed E-state index contributed by atoms with van der Waals surface area (Å²) in [5, 5.41) is 10.6. The maximum Gasteiger partial charge on any atom is 0.341 e. The van der Waals surface area contributed by atoms with E-state index in [1.807, 2.05) is 0 Å². The molecule has 0 bridgehead atoms. The molecule has 0 heterocycles. The van der Waals surface area contributed by atoms with E-state index in [4.69, 9.17) is 0 Å². The van der Waals surface area contributed by atoms with Gasteiger partial charge >= 0.3 is 5.97 Å². The van der Waals surface area contributed by atoms with Crippen molar-refractivity contribution < 1.29 is 23.6 Å². The molecule has 0 fully saturated rings. The largest absolute Gasteiger partial charge is 0.462 e. The maximum absolute atomic E-state index is 12.4. The maximum atomic E-state index is 12.4. The van der Waals surface area contributed by atoms with E-state index < -0.39 is 28.9 Å². The zero-order valence-electron chi connectivity index (χ0n) is 10.7. The number of Topliss-reactive ketones (excluding diaryl/α,β-unsaturated/α-hetero) is 1. The lowest BCUT2D eigenvalue weighted by Gasteiger charge is -2.04. The van der Waals surface area contributed by atoms with Crippen LogP contribution in [0.15, 0.2) is 29.8 Å². The molecule has 0 unspecified atom stereocenters. The first-order chi connectivity index (χ1) is 9.49. The smallest absolute Gasteiger partial charge is 0.341 e. The quantitative estimate of drug-likeness (QED) is 0.199. The van der Waals surface area contributed by atoms with Gasteiger partial charge < -0.3 is 4.74 Å². The molecule has 0 radical (unpaired) electrons. The summed E-state index contributed by atoms with van der Waals surface area (Å²) in [4.78, 5) is 32.9. The second-order valence-electron chi connectivity index (χ2n) is 3.69. The number of ketones is 1. The topological polar surface area (TPSA) is 86.5 Å². The molecule has 1 rings (SSSR count). The normalized spacial score (nSPS) is 11.0. The highest BCUT2D eigenvalue weighted by atomic mass is 19.1. The molecule has 0 saturated heterocycles. The zero-order valence-corrected chi connectivity index (χ0v) is 10.7. The molecular formula is C13H12FNO5.